The molecule has 8 heteroatoms. The van der Waals surface area contributed by atoms with Gasteiger partial charge < -0.3 is 14.8 Å². The van der Waals surface area contributed by atoms with Gasteiger partial charge in [0.1, 0.15) is 0 Å². The lowest BCUT2D eigenvalue weighted by molar-refractivity contribution is 0.102. The Balaban J connectivity index is 1.76. The van der Waals surface area contributed by atoms with Crippen molar-refractivity contribution < 1.29 is 22.7 Å². The Hall–Kier alpha value is -2.58. The van der Waals surface area contributed by atoms with Crippen LogP contribution in [-0.4, -0.2) is 45.9 Å². The number of amides is 1. The smallest absolute Gasteiger partial charge is 0.255 e. The average Bonchev–Trinajstić information content (AvgIpc) is 2.80. The molecule has 1 amide bonds. The number of carbonyl (C=O) groups is 1. The van der Waals surface area contributed by atoms with Crippen molar-refractivity contribution in [1.82, 2.24) is 4.31 Å². The number of benzene rings is 2. The SMILES string of the molecule is COc1cc(C)c(NC(=O)c2ccc(S(=O)(=O)N(C)C3CCCCC3)cc2)cc1OC. The van der Waals surface area contributed by atoms with Crippen LogP contribution in [0.25, 0.3) is 0 Å². The van der Waals surface area contributed by atoms with E-state index in [4.69, 9.17) is 9.47 Å². The summed E-state index contributed by atoms with van der Waals surface area (Å²) in [6, 6.07) is 9.57. The van der Waals surface area contributed by atoms with Gasteiger partial charge in [-0.1, -0.05) is 19.3 Å². The van der Waals surface area contributed by atoms with E-state index >= 15 is 0 Å². The fourth-order valence-corrected chi connectivity index (χ4v) is 5.31. The number of carbonyl (C=O) groups excluding carboxylic acids is 1. The molecule has 0 atom stereocenters. The molecule has 1 saturated carbocycles. The van der Waals surface area contributed by atoms with Crippen molar-refractivity contribution in [1.29, 1.82) is 0 Å². The molecular weight excluding hydrogens is 416 g/mol. The number of nitrogens with one attached hydrogen (secondary N) is 1. The summed E-state index contributed by atoms with van der Waals surface area (Å²) in [6.07, 6.45) is 5.05. The highest BCUT2D eigenvalue weighted by Crippen LogP contribution is 2.33. The number of rotatable bonds is 7. The number of nitrogens with zero attached hydrogens (tertiary/aromatic N) is 1. The van der Waals surface area contributed by atoms with Gasteiger partial charge in [-0.15, -0.1) is 0 Å². The summed E-state index contributed by atoms with van der Waals surface area (Å²) in [7, 11) is 1.13. The standard InChI is InChI=1S/C23H30N2O5S/c1-16-14-21(29-3)22(30-4)15-20(16)24-23(26)17-10-12-19(13-11-17)31(27,28)25(2)18-8-6-5-7-9-18/h10-15,18H,5-9H2,1-4H3,(H,24,26). The first kappa shape index (κ1) is 23.1. The zero-order valence-corrected chi connectivity index (χ0v) is 19.3. The second kappa shape index (κ2) is 9.70. The molecule has 0 unspecified atom stereocenters. The number of methoxy groups -OCH3 is 2. The van der Waals surface area contributed by atoms with Crippen LogP contribution in [0.4, 0.5) is 5.69 Å². The number of hydrogen-bond donors (Lipinski definition) is 1. The molecule has 168 valence electrons. The van der Waals surface area contributed by atoms with Crippen molar-refractivity contribution in [2.45, 2.75) is 50.0 Å². The van der Waals surface area contributed by atoms with Crippen LogP contribution in [0.1, 0.15) is 48.0 Å². The predicted molar refractivity (Wildman–Crippen MR) is 121 cm³/mol. The Morgan fingerprint density at radius 3 is 2.16 bits per heavy atom. The van der Waals surface area contributed by atoms with E-state index in [0.29, 0.717) is 22.7 Å². The summed E-state index contributed by atoms with van der Waals surface area (Å²) in [4.78, 5) is 12.9. The predicted octanol–water partition coefficient (Wildman–Crippen LogP) is 4.22. The zero-order chi connectivity index (χ0) is 22.6. The van der Waals surface area contributed by atoms with Crippen LogP contribution in [-0.2, 0) is 10.0 Å². The van der Waals surface area contributed by atoms with Gasteiger partial charge in [0, 0.05) is 30.4 Å². The zero-order valence-electron chi connectivity index (χ0n) is 18.5. The molecular formula is C23H30N2O5S. The van der Waals surface area contributed by atoms with Crippen LogP contribution in [0.15, 0.2) is 41.3 Å². The third kappa shape index (κ3) is 5.02. The molecule has 0 radical (unpaired) electrons. The van der Waals surface area contributed by atoms with Crippen LogP contribution in [0.5, 0.6) is 11.5 Å². The molecule has 2 aromatic rings. The summed E-state index contributed by atoms with van der Waals surface area (Å²) < 4.78 is 38.0. The minimum absolute atomic E-state index is 0.0368. The van der Waals surface area contributed by atoms with Gasteiger partial charge in [0.25, 0.3) is 5.91 Å². The number of sulfonamides is 1. The van der Waals surface area contributed by atoms with E-state index < -0.39 is 10.0 Å². The Bertz CT molecular complexity index is 1030. The topological polar surface area (TPSA) is 84.9 Å². The second-order valence-electron chi connectivity index (χ2n) is 7.81. The van der Waals surface area contributed by atoms with Gasteiger partial charge >= 0.3 is 0 Å². The van der Waals surface area contributed by atoms with E-state index in [1.54, 1.807) is 26.3 Å². The molecule has 0 aromatic heterocycles. The lowest BCUT2D eigenvalue weighted by Crippen LogP contribution is -2.38. The Morgan fingerprint density at radius 1 is 1.00 bits per heavy atom. The van der Waals surface area contributed by atoms with Crippen molar-refractivity contribution in [3.8, 4) is 11.5 Å². The molecule has 1 N–H and O–H groups in total. The normalized spacial score (nSPS) is 15.0. The lowest BCUT2D eigenvalue weighted by Gasteiger charge is -2.30. The molecule has 3 rings (SSSR count). The highest BCUT2D eigenvalue weighted by atomic mass is 32.2. The summed E-state index contributed by atoms with van der Waals surface area (Å²) >= 11 is 0. The molecule has 2 aromatic carbocycles. The quantitative estimate of drug-likeness (QED) is 0.688. The minimum atomic E-state index is -3.59. The van der Waals surface area contributed by atoms with E-state index in [0.717, 1.165) is 37.7 Å². The van der Waals surface area contributed by atoms with Gasteiger partial charge in [-0.25, -0.2) is 8.42 Å². The first-order valence-electron chi connectivity index (χ1n) is 10.4. The third-order valence-electron chi connectivity index (χ3n) is 5.86. The third-order valence-corrected chi connectivity index (χ3v) is 7.79. The van der Waals surface area contributed by atoms with E-state index in [-0.39, 0.29) is 16.8 Å². The van der Waals surface area contributed by atoms with E-state index in [1.165, 1.54) is 35.7 Å². The molecule has 7 nitrogen and oxygen atoms in total. The second-order valence-corrected chi connectivity index (χ2v) is 9.81. The largest absolute Gasteiger partial charge is 0.493 e. The minimum Gasteiger partial charge on any atom is -0.493 e. The number of anilines is 1. The van der Waals surface area contributed by atoms with Gasteiger partial charge in [0.05, 0.1) is 19.1 Å². The van der Waals surface area contributed by atoms with Gasteiger partial charge in [-0.05, 0) is 55.7 Å². The Kier molecular flexibility index (Phi) is 7.23. The number of aryl methyl sites for hydroxylation is 1. The van der Waals surface area contributed by atoms with Crippen molar-refractivity contribution in [2.24, 2.45) is 0 Å². The fourth-order valence-electron chi connectivity index (χ4n) is 3.90. The maximum Gasteiger partial charge on any atom is 0.255 e. The first-order chi connectivity index (χ1) is 14.8. The highest BCUT2D eigenvalue weighted by Gasteiger charge is 2.29. The van der Waals surface area contributed by atoms with Crippen LogP contribution >= 0.6 is 0 Å². The average molecular weight is 447 g/mol. The van der Waals surface area contributed by atoms with Gasteiger partial charge in [-0.3, -0.25) is 4.79 Å². The summed E-state index contributed by atoms with van der Waals surface area (Å²) in [6.45, 7) is 1.86. The molecule has 0 heterocycles. The lowest BCUT2D eigenvalue weighted by atomic mass is 9.96. The van der Waals surface area contributed by atoms with Gasteiger partial charge in [0.15, 0.2) is 11.5 Å². The number of hydrogen-bond acceptors (Lipinski definition) is 5. The maximum absolute atomic E-state index is 13.0. The number of ether oxygens (including phenoxy) is 2. The first-order valence-corrected chi connectivity index (χ1v) is 11.8. The molecule has 0 saturated heterocycles. The fraction of sp³-hybridized carbons (Fsp3) is 0.435. The summed E-state index contributed by atoms with van der Waals surface area (Å²) in [5.74, 6) is 0.755. The molecule has 0 aliphatic heterocycles. The molecule has 1 fully saturated rings. The van der Waals surface area contributed by atoms with E-state index in [2.05, 4.69) is 5.32 Å². The summed E-state index contributed by atoms with van der Waals surface area (Å²) in [5.41, 5.74) is 1.78. The summed E-state index contributed by atoms with van der Waals surface area (Å²) in [5, 5.41) is 2.85. The van der Waals surface area contributed by atoms with Crippen LogP contribution in [0.2, 0.25) is 0 Å². The van der Waals surface area contributed by atoms with Crippen LogP contribution < -0.4 is 14.8 Å². The molecule has 0 bridgehead atoms. The van der Waals surface area contributed by atoms with E-state index in [9.17, 15) is 13.2 Å². The monoisotopic (exact) mass is 446 g/mol. The van der Waals surface area contributed by atoms with Crippen molar-refractivity contribution in [3.63, 3.8) is 0 Å². The maximum atomic E-state index is 13.0. The Labute approximate surface area is 184 Å². The highest BCUT2D eigenvalue weighted by molar-refractivity contribution is 7.89. The molecule has 1 aliphatic rings. The molecule has 1 aliphatic carbocycles. The van der Waals surface area contributed by atoms with Crippen molar-refractivity contribution in [2.75, 3.05) is 26.6 Å². The molecule has 31 heavy (non-hydrogen) atoms. The van der Waals surface area contributed by atoms with Crippen molar-refractivity contribution in [3.05, 3.63) is 47.5 Å². The Morgan fingerprint density at radius 2 is 1.58 bits per heavy atom. The van der Waals surface area contributed by atoms with Crippen LogP contribution in [0, 0.1) is 6.92 Å². The van der Waals surface area contributed by atoms with Crippen molar-refractivity contribution >= 4 is 21.6 Å². The van der Waals surface area contributed by atoms with Gasteiger partial charge in [0.2, 0.25) is 10.0 Å². The van der Waals surface area contributed by atoms with E-state index in [1.807, 2.05) is 6.92 Å². The molecule has 0 spiro atoms. The van der Waals surface area contributed by atoms with Crippen LogP contribution in [0.3, 0.4) is 0 Å². The van der Waals surface area contributed by atoms with Gasteiger partial charge in [-0.2, -0.15) is 4.31 Å².